The monoisotopic (exact) mass is 263 g/mol. The molecular formula is C9H14ClN3O2S. The van der Waals surface area contributed by atoms with Gasteiger partial charge in [0.25, 0.3) is 0 Å². The Morgan fingerprint density at radius 2 is 2.12 bits per heavy atom. The molecule has 0 bridgehead atoms. The Hall–Kier alpha value is -0.880. The lowest BCUT2D eigenvalue weighted by atomic mass is 10.5. The van der Waals surface area contributed by atoms with E-state index in [9.17, 15) is 8.42 Å². The third-order valence-electron chi connectivity index (χ3n) is 2.00. The van der Waals surface area contributed by atoms with Crippen LogP contribution in [0.1, 0.15) is 5.69 Å². The summed E-state index contributed by atoms with van der Waals surface area (Å²) in [7, 11) is -1.19. The molecule has 0 saturated carbocycles. The van der Waals surface area contributed by atoms with E-state index in [-0.39, 0.29) is 5.75 Å². The van der Waals surface area contributed by atoms with Crippen LogP contribution in [0.5, 0.6) is 0 Å². The van der Waals surface area contributed by atoms with E-state index in [4.69, 9.17) is 11.6 Å². The number of hydrogen-bond donors (Lipinski definition) is 0. The SMILES string of the molecule is CN(CCS(C)(=O)=O)c1cncc(CCl)n1. The van der Waals surface area contributed by atoms with Crippen LogP contribution in [0.2, 0.25) is 0 Å². The zero-order chi connectivity index (χ0) is 12.2. The van der Waals surface area contributed by atoms with E-state index in [1.54, 1.807) is 24.3 Å². The molecule has 90 valence electrons. The molecule has 1 rings (SSSR count). The van der Waals surface area contributed by atoms with Crippen molar-refractivity contribution < 1.29 is 8.42 Å². The molecule has 0 aliphatic heterocycles. The van der Waals surface area contributed by atoms with Crippen molar-refractivity contribution in [1.82, 2.24) is 9.97 Å². The molecule has 0 unspecified atom stereocenters. The normalized spacial score (nSPS) is 11.4. The number of sulfone groups is 1. The minimum absolute atomic E-state index is 0.0935. The smallest absolute Gasteiger partial charge is 0.149 e. The molecule has 16 heavy (non-hydrogen) atoms. The highest BCUT2D eigenvalue weighted by Gasteiger charge is 2.08. The first kappa shape index (κ1) is 13.2. The number of halogens is 1. The van der Waals surface area contributed by atoms with Crippen molar-refractivity contribution in [2.45, 2.75) is 5.88 Å². The van der Waals surface area contributed by atoms with Crippen LogP contribution in [0.25, 0.3) is 0 Å². The molecule has 1 aromatic rings. The lowest BCUT2D eigenvalue weighted by Crippen LogP contribution is -2.25. The van der Waals surface area contributed by atoms with E-state index in [0.717, 1.165) is 0 Å². The minimum atomic E-state index is -2.96. The Morgan fingerprint density at radius 3 is 2.69 bits per heavy atom. The minimum Gasteiger partial charge on any atom is -0.357 e. The van der Waals surface area contributed by atoms with Gasteiger partial charge in [0.1, 0.15) is 15.7 Å². The maximum atomic E-state index is 11.0. The van der Waals surface area contributed by atoms with E-state index in [1.165, 1.54) is 6.26 Å². The third-order valence-corrected chi connectivity index (χ3v) is 3.20. The van der Waals surface area contributed by atoms with Gasteiger partial charge in [0, 0.05) is 26.0 Å². The van der Waals surface area contributed by atoms with Gasteiger partial charge in [-0.15, -0.1) is 11.6 Å². The molecule has 1 aromatic heterocycles. The van der Waals surface area contributed by atoms with Gasteiger partial charge < -0.3 is 4.90 Å². The van der Waals surface area contributed by atoms with E-state index >= 15 is 0 Å². The summed E-state index contributed by atoms with van der Waals surface area (Å²) in [6.45, 7) is 0.388. The molecule has 0 aliphatic rings. The first-order valence-corrected chi connectivity index (χ1v) is 7.27. The summed E-state index contributed by atoms with van der Waals surface area (Å²) in [6, 6.07) is 0. The fraction of sp³-hybridized carbons (Fsp3) is 0.556. The molecule has 1 heterocycles. The van der Waals surface area contributed by atoms with Gasteiger partial charge in [-0.2, -0.15) is 0 Å². The fourth-order valence-corrected chi connectivity index (χ4v) is 1.79. The Bertz CT molecular complexity index is 450. The summed E-state index contributed by atoms with van der Waals surface area (Å²) < 4.78 is 22.0. The molecule has 0 spiro atoms. The number of hydrogen-bond acceptors (Lipinski definition) is 5. The Kier molecular flexibility index (Phi) is 4.49. The maximum Gasteiger partial charge on any atom is 0.149 e. The van der Waals surface area contributed by atoms with Crippen molar-refractivity contribution in [2.24, 2.45) is 0 Å². The highest BCUT2D eigenvalue weighted by Crippen LogP contribution is 2.08. The van der Waals surface area contributed by atoms with Crippen LogP contribution in [0, 0.1) is 0 Å². The Labute approximate surface area is 100 Å². The zero-order valence-corrected chi connectivity index (χ0v) is 10.8. The van der Waals surface area contributed by atoms with Crippen LogP contribution in [0.3, 0.4) is 0 Å². The fourth-order valence-electron chi connectivity index (χ4n) is 1.06. The molecule has 7 heteroatoms. The van der Waals surface area contributed by atoms with Crippen LogP contribution in [0.15, 0.2) is 12.4 Å². The maximum absolute atomic E-state index is 11.0. The van der Waals surface area contributed by atoms with Crippen molar-refractivity contribution in [3.8, 4) is 0 Å². The average molecular weight is 264 g/mol. The molecule has 0 atom stereocenters. The summed E-state index contributed by atoms with van der Waals surface area (Å²) >= 11 is 5.64. The highest BCUT2D eigenvalue weighted by molar-refractivity contribution is 7.90. The highest BCUT2D eigenvalue weighted by atomic mass is 35.5. The van der Waals surface area contributed by atoms with Gasteiger partial charge in [0.15, 0.2) is 0 Å². The molecule has 0 N–H and O–H groups in total. The first-order chi connectivity index (χ1) is 7.42. The summed E-state index contributed by atoms with van der Waals surface area (Å²) in [4.78, 5) is 9.95. The zero-order valence-electron chi connectivity index (χ0n) is 9.22. The Morgan fingerprint density at radius 1 is 1.44 bits per heavy atom. The molecule has 0 fully saturated rings. The number of alkyl halides is 1. The van der Waals surface area contributed by atoms with Crippen LogP contribution < -0.4 is 4.90 Å². The predicted molar refractivity (Wildman–Crippen MR) is 64.6 cm³/mol. The molecule has 0 radical (unpaired) electrons. The van der Waals surface area contributed by atoms with Crippen LogP contribution >= 0.6 is 11.6 Å². The van der Waals surface area contributed by atoms with Crippen LogP contribution in [-0.2, 0) is 15.7 Å². The van der Waals surface area contributed by atoms with Gasteiger partial charge in [0.2, 0.25) is 0 Å². The summed E-state index contributed by atoms with van der Waals surface area (Å²) in [5.41, 5.74) is 0.672. The van der Waals surface area contributed by atoms with Crippen molar-refractivity contribution in [3.63, 3.8) is 0 Å². The predicted octanol–water partition coefficient (Wildman–Crippen LogP) is 0.696. The largest absolute Gasteiger partial charge is 0.357 e. The lowest BCUT2D eigenvalue weighted by molar-refractivity contribution is 0.601. The molecule has 0 saturated heterocycles. The van der Waals surface area contributed by atoms with Gasteiger partial charge in [-0.3, -0.25) is 4.98 Å². The standard InChI is InChI=1S/C9H14ClN3O2S/c1-13(3-4-16(2,14)15)9-7-11-6-8(5-10)12-9/h6-7H,3-5H2,1-2H3. The molecule has 0 aromatic carbocycles. The second-order valence-corrected chi connectivity index (χ2v) is 6.08. The van der Waals surface area contributed by atoms with Gasteiger partial charge in [-0.25, -0.2) is 13.4 Å². The van der Waals surface area contributed by atoms with Crippen LogP contribution in [-0.4, -0.2) is 44.0 Å². The van der Waals surface area contributed by atoms with Crippen molar-refractivity contribution in [2.75, 3.05) is 30.5 Å². The summed E-state index contributed by atoms with van der Waals surface area (Å²) in [5, 5.41) is 0. The number of nitrogens with zero attached hydrogens (tertiary/aromatic N) is 3. The first-order valence-electron chi connectivity index (χ1n) is 4.68. The van der Waals surface area contributed by atoms with Gasteiger partial charge in [0.05, 0.1) is 23.5 Å². The lowest BCUT2D eigenvalue weighted by Gasteiger charge is -2.17. The molecule has 0 aliphatic carbocycles. The average Bonchev–Trinajstić information content (AvgIpc) is 2.25. The van der Waals surface area contributed by atoms with E-state index in [2.05, 4.69) is 9.97 Å². The van der Waals surface area contributed by atoms with E-state index in [1.807, 2.05) is 0 Å². The molecular weight excluding hydrogens is 250 g/mol. The summed E-state index contributed by atoms with van der Waals surface area (Å²) in [6.07, 6.45) is 4.38. The van der Waals surface area contributed by atoms with Crippen molar-refractivity contribution >= 4 is 27.3 Å². The second-order valence-electron chi connectivity index (χ2n) is 3.55. The van der Waals surface area contributed by atoms with Gasteiger partial charge >= 0.3 is 0 Å². The third kappa shape index (κ3) is 4.32. The number of anilines is 1. The number of rotatable bonds is 5. The number of aromatic nitrogens is 2. The van der Waals surface area contributed by atoms with Crippen LogP contribution in [0.4, 0.5) is 5.82 Å². The molecule has 5 nitrogen and oxygen atoms in total. The molecule has 0 amide bonds. The second kappa shape index (κ2) is 5.45. The van der Waals surface area contributed by atoms with E-state index < -0.39 is 9.84 Å². The van der Waals surface area contributed by atoms with Crippen molar-refractivity contribution in [3.05, 3.63) is 18.1 Å². The van der Waals surface area contributed by atoms with Gasteiger partial charge in [-0.05, 0) is 0 Å². The quantitative estimate of drug-likeness (QED) is 0.732. The summed E-state index contributed by atoms with van der Waals surface area (Å²) in [5.74, 6) is 1.01. The topological polar surface area (TPSA) is 63.2 Å². The Balaban J connectivity index is 2.69. The van der Waals surface area contributed by atoms with Gasteiger partial charge in [-0.1, -0.05) is 0 Å². The van der Waals surface area contributed by atoms with Crippen molar-refractivity contribution in [1.29, 1.82) is 0 Å². The van der Waals surface area contributed by atoms with E-state index in [0.29, 0.717) is 23.9 Å².